The minimum atomic E-state index is -4.78. The van der Waals surface area contributed by atoms with Crippen LogP contribution >= 0.6 is 15.6 Å². The first kappa shape index (κ1) is 60.5. The van der Waals surface area contributed by atoms with Crippen LogP contribution in [0.4, 0.5) is 0 Å². The molecule has 0 radical (unpaired) electrons. The molecule has 0 saturated carbocycles. The molecular formula is C45H86O15P2. The lowest BCUT2D eigenvalue weighted by atomic mass is 10.1. The van der Waals surface area contributed by atoms with Crippen LogP contribution in [0.2, 0.25) is 0 Å². The average molecular weight is 929 g/mol. The van der Waals surface area contributed by atoms with Gasteiger partial charge in [-0.05, 0) is 57.8 Å². The van der Waals surface area contributed by atoms with Gasteiger partial charge in [0.1, 0.15) is 31.5 Å². The predicted octanol–water partition coefficient (Wildman–Crippen LogP) is 10.5. The van der Waals surface area contributed by atoms with E-state index in [-0.39, 0.29) is 12.8 Å². The molecule has 0 aromatic carbocycles. The molecule has 0 aliphatic heterocycles. The summed E-state index contributed by atoms with van der Waals surface area (Å²) in [6.07, 6.45) is 34.6. The smallest absolute Gasteiger partial charge is 0.463 e. The third-order valence-electron chi connectivity index (χ3n) is 9.88. The number of carbonyl (C=O) groups excluding carboxylic acids is 2. The van der Waals surface area contributed by atoms with Gasteiger partial charge in [-0.15, -0.1) is 0 Å². The molecule has 0 aliphatic rings. The summed E-state index contributed by atoms with van der Waals surface area (Å²) in [5.74, 6) is -1.00. The number of rotatable bonds is 46. The molecule has 5 N–H and O–H groups in total. The standard InChI is InChI=1S/C45H86O15P2/c1-3-5-7-9-11-13-15-16-17-18-19-20-21-22-24-26-28-30-32-34-45(50)56-36-42(47)38-58-62(53,54)60-40-43(48)39-59-61(51,52)57-37-41(46)35-55-44(49)33-31-29-27-25-23-14-12-10-8-6-4-2/h10,12,16-17,41-43,46-48H,3-9,11,13-15,18-40H2,1-2H3,(H,51,52)(H,53,54)/b12-10-,17-16+. The Bertz CT molecular complexity index is 1220. The van der Waals surface area contributed by atoms with Gasteiger partial charge in [-0.3, -0.25) is 27.7 Å². The zero-order chi connectivity index (χ0) is 46.0. The zero-order valence-corrected chi connectivity index (χ0v) is 40.1. The third kappa shape index (κ3) is 43.8. The van der Waals surface area contributed by atoms with Crippen molar-refractivity contribution in [1.29, 1.82) is 0 Å². The molecule has 17 heteroatoms. The molecule has 15 nitrogen and oxygen atoms in total. The van der Waals surface area contributed by atoms with Crippen LogP contribution in [-0.2, 0) is 46.3 Å². The van der Waals surface area contributed by atoms with Gasteiger partial charge in [0.2, 0.25) is 0 Å². The summed E-state index contributed by atoms with van der Waals surface area (Å²) in [5, 5.41) is 30.0. The summed E-state index contributed by atoms with van der Waals surface area (Å²) in [5.41, 5.74) is 0. The molecule has 0 spiro atoms. The lowest BCUT2D eigenvalue weighted by Gasteiger charge is -2.19. The van der Waals surface area contributed by atoms with Crippen LogP contribution in [0.3, 0.4) is 0 Å². The first-order valence-electron chi connectivity index (χ1n) is 23.7. The van der Waals surface area contributed by atoms with Gasteiger partial charge < -0.3 is 34.6 Å². The maximum atomic E-state index is 12.1. The first-order valence-corrected chi connectivity index (χ1v) is 26.7. The highest BCUT2D eigenvalue weighted by atomic mass is 31.2. The Morgan fingerprint density at radius 3 is 0.984 bits per heavy atom. The van der Waals surface area contributed by atoms with Crippen molar-refractivity contribution in [1.82, 2.24) is 0 Å². The number of allylic oxidation sites excluding steroid dienone is 4. The maximum absolute atomic E-state index is 12.1. The highest BCUT2D eigenvalue weighted by molar-refractivity contribution is 7.47. The number of esters is 2. The lowest BCUT2D eigenvalue weighted by Crippen LogP contribution is -2.25. The fraction of sp³-hybridized carbons (Fsp3) is 0.867. The molecule has 366 valence electrons. The van der Waals surface area contributed by atoms with Crippen molar-refractivity contribution >= 4 is 27.6 Å². The summed E-state index contributed by atoms with van der Waals surface area (Å²) in [6.45, 7) is 0.372. The van der Waals surface area contributed by atoms with E-state index in [0.717, 1.165) is 57.8 Å². The normalized spacial score (nSPS) is 15.4. The minimum Gasteiger partial charge on any atom is -0.463 e. The van der Waals surface area contributed by atoms with Crippen molar-refractivity contribution in [2.75, 3.05) is 39.6 Å². The number of aliphatic hydroxyl groups is 3. The van der Waals surface area contributed by atoms with Gasteiger partial charge in [0.05, 0.1) is 26.4 Å². The van der Waals surface area contributed by atoms with Crippen LogP contribution < -0.4 is 0 Å². The number of aliphatic hydroxyl groups excluding tert-OH is 3. The van der Waals surface area contributed by atoms with Crippen molar-refractivity contribution in [3.63, 3.8) is 0 Å². The van der Waals surface area contributed by atoms with Gasteiger partial charge in [-0.25, -0.2) is 9.13 Å². The number of phosphoric acid groups is 2. The molecule has 0 saturated heterocycles. The van der Waals surface area contributed by atoms with Crippen LogP contribution in [0.5, 0.6) is 0 Å². The van der Waals surface area contributed by atoms with E-state index in [9.17, 15) is 43.8 Å². The van der Waals surface area contributed by atoms with E-state index in [2.05, 4.69) is 56.2 Å². The summed E-state index contributed by atoms with van der Waals surface area (Å²) in [6, 6.07) is 0. The highest BCUT2D eigenvalue weighted by Gasteiger charge is 2.28. The Kier molecular flexibility index (Phi) is 41.2. The fourth-order valence-corrected chi connectivity index (χ4v) is 7.72. The SMILES string of the molecule is CCCC/C=C\CCCCCCCC(=O)OCC(O)COP(=O)(O)OCC(O)COP(=O)(O)OCC(O)COC(=O)CCCCCCCCCCC/C=C/CCCCCCCC. The van der Waals surface area contributed by atoms with Crippen molar-refractivity contribution in [3.8, 4) is 0 Å². The van der Waals surface area contributed by atoms with E-state index >= 15 is 0 Å². The summed E-state index contributed by atoms with van der Waals surface area (Å²) >= 11 is 0. The highest BCUT2D eigenvalue weighted by Crippen LogP contribution is 2.45. The quantitative estimate of drug-likeness (QED) is 0.0166. The van der Waals surface area contributed by atoms with Gasteiger partial charge in [0.15, 0.2) is 0 Å². The predicted molar refractivity (Wildman–Crippen MR) is 242 cm³/mol. The van der Waals surface area contributed by atoms with Crippen LogP contribution in [-0.4, -0.2) is 95.0 Å². The van der Waals surface area contributed by atoms with E-state index in [1.165, 1.54) is 96.3 Å². The van der Waals surface area contributed by atoms with Crippen molar-refractivity contribution in [2.24, 2.45) is 0 Å². The third-order valence-corrected chi connectivity index (χ3v) is 11.8. The van der Waals surface area contributed by atoms with Crippen LogP contribution in [0.1, 0.15) is 194 Å². The summed E-state index contributed by atoms with van der Waals surface area (Å²) in [7, 11) is -9.56. The Morgan fingerprint density at radius 1 is 0.403 bits per heavy atom. The number of ether oxygens (including phenoxy) is 2. The van der Waals surface area contributed by atoms with Gasteiger partial charge in [-0.1, -0.05) is 147 Å². The second kappa shape index (κ2) is 42.2. The van der Waals surface area contributed by atoms with Gasteiger partial charge in [0, 0.05) is 12.8 Å². The topological polar surface area (TPSA) is 225 Å². The van der Waals surface area contributed by atoms with Gasteiger partial charge in [0.25, 0.3) is 0 Å². The Morgan fingerprint density at radius 2 is 0.661 bits per heavy atom. The van der Waals surface area contributed by atoms with Gasteiger partial charge in [-0.2, -0.15) is 0 Å². The average Bonchev–Trinajstić information content (AvgIpc) is 3.24. The molecular weight excluding hydrogens is 842 g/mol. The molecule has 62 heavy (non-hydrogen) atoms. The Hall–Kier alpha value is -1.48. The summed E-state index contributed by atoms with van der Waals surface area (Å²) < 4.78 is 52.9. The molecule has 0 aromatic rings. The van der Waals surface area contributed by atoms with Crippen LogP contribution in [0.25, 0.3) is 0 Å². The van der Waals surface area contributed by atoms with E-state index in [1.807, 2.05) is 0 Å². The van der Waals surface area contributed by atoms with Gasteiger partial charge >= 0.3 is 27.6 Å². The van der Waals surface area contributed by atoms with Crippen LogP contribution in [0, 0.1) is 0 Å². The molecule has 0 fully saturated rings. The van der Waals surface area contributed by atoms with E-state index in [0.29, 0.717) is 12.8 Å². The zero-order valence-electron chi connectivity index (χ0n) is 38.3. The van der Waals surface area contributed by atoms with Crippen molar-refractivity contribution < 1.29 is 71.4 Å². The monoisotopic (exact) mass is 929 g/mol. The van der Waals surface area contributed by atoms with E-state index < -0.39 is 85.5 Å². The molecule has 0 aromatic heterocycles. The second-order valence-corrected chi connectivity index (χ2v) is 19.0. The largest absolute Gasteiger partial charge is 0.472 e. The van der Waals surface area contributed by atoms with E-state index in [1.54, 1.807) is 0 Å². The molecule has 0 heterocycles. The van der Waals surface area contributed by atoms with E-state index in [4.69, 9.17) is 9.47 Å². The first-order chi connectivity index (χ1) is 29.8. The molecule has 5 unspecified atom stereocenters. The molecule has 0 bridgehead atoms. The summed E-state index contributed by atoms with van der Waals surface area (Å²) in [4.78, 5) is 43.7. The lowest BCUT2D eigenvalue weighted by molar-refractivity contribution is -0.148. The van der Waals surface area contributed by atoms with Crippen molar-refractivity contribution in [2.45, 2.75) is 212 Å². The number of carbonyl (C=O) groups is 2. The minimum absolute atomic E-state index is 0.187. The fourth-order valence-electron chi connectivity index (χ4n) is 6.13. The number of hydrogen-bond donors (Lipinski definition) is 5. The molecule has 5 atom stereocenters. The molecule has 0 aliphatic carbocycles. The Labute approximate surface area is 373 Å². The second-order valence-electron chi connectivity index (χ2n) is 16.1. The number of phosphoric ester groups is 2. The molecule has 0 amide bonds. The maximum Gasteiger partial charge on any atom is 0.472 e. The van der Waals surface area contributed by atoms with Crippen molar-refractivity contribution in [3.05, 3.63) is 24.3 Å². The number of hydrogen-bond acceptors (Lipinski definition) is 13. The molecule has 0 rings (SSSR count). The Balaban J connectivity index is 3.87. The van der Waals surface area contributed by atoms with Crippen LogP contribution in [0.15, 0.2) is 24.3 Å². The number of unbranched alkanes of at least 4 members (excludes halogenated alkanes) is 22.